The molecule has 0 saturated heterocycles. The lowest BCUT2D eigenvalue weighted by Gasteiger charge is -2.15. The first-order valence-electron chi connectivity index (χ1n) is 28.6. The van der Waals surface area contributed by atoms with E-state index < -0.39 is 0 Å². The van der Waals surface area contributed by atoms with Crippen molar-refractivity contribution in [2.75, 3.05) is 0 Å². The zero-order chi connectivity index (χ0) is 54.5. The normalized spacial score (nSPS) is 11.9. The zero-order valence-corrected chi connectivity index (χ0v) is 46.0. The topological polar surface area (TPSA) is 9.86 Å². The number of thiophene rings is 1. The molecule has 3 aromatic heterocycles. The van der Waals surface area contributed by atoms with Gasteiger partial charge in [0.15, 0.2) is 0 Å². The first kappa shape index (κ1) is 47.2. The lowest BCUT2D eigenvalue weighted by molar-refractivity contribution is 1.18. The van der Waals surface area contributed by atoms with Gasteiger partial charge in [-0.05, 0) is 148 Å². The van der Waals surface area contributed by atoms with E-state index in [2.05, 4.69) is 312 Å². The third-order valence-corrected chi connectivity index (χ3v) is 18.6. The Morgan fingerprint density at radius 3 is 0.723 bits per heavy atom. The number of para-hydroxylation sites is 4. The summed E-state index contributed by atoms with van der Waals surface area (Å²) in [6.07, 6.45) is 0. The summed E-state index contributed by atoms with van der Waals surface area (Å²) in [5.41, 5.74) is 19.1. The zero-order valence-electron chi connectivity index (χ0n) is 45.2. The number of hydrogen-bond acceptors (Lipinski definition) is 1. The lowest BCUT2D eigenvalue weighted by Crippen LogP contribution is -1.95. The van der Waals surface area contributed by atoms with E-state index in [1.165, 1.54) is 141 Å². The summed E-state index contributed by atoms with van der Waals surface area (Å²) < 4.78 is 4.83. The Kier molecular flexibility index (Phi) is 10.8. The van der Waals surface area contributed by atoms with Crippen molar-refractivity contribution in [3.63, 3.8) is 0 Å². The molecule has 83 heavy (non-hydrogen) atoms. The largest absolute Gasteiger partial charge is 0.309 e. The standard InChI is InChI=1S/C80H50N2S/c1-5-21-63-57(17-1)49-58-18-2-6-22-64(58)75(63)51-33-37-55(38-34-51)79-77(53-41-45-61(46-42-53)81-71-29-13-9-25-67(71)68-26-10-14-30-72(68)81)78(54-43-47-62(48-44-54)82-73-31-15-11-27-69(73)70-28-12-16-32-74(70)82)80(83-79)56-39-35-52(36-40-56)76-65-23-7-3-19-59(65)50-60-20-4-8-24-66(60)76/h1-50H. The van der Waals surface area contributed by atoms with Crippen LogP contribution in [0.4, 0.5) is 0 Å². The van der Waals surface area contributed by atoms with E-state index in [-0.39, 0.29) is 0 Å². The highest BCUT2D eigenvalue weighted by Gasteiger charge is 2.25. The van der Waals surface area contributed by atoms with Crippen molar-refractivity contribution in [3.8, 4) is 76.8 Å². The molecule has 0 bridgehead atoms. The highest BCUT2D eigenvalue weighted by molar-refractivity contribution is 7.20. The molecular weight excluding hydrogens is 1020 g/mol. The SMILES string of the molecule is c1ccc2c(-c3ccc(-c4sc(-c5ccc(-c6c7ccccc7cc7ccccc67)cc5)c(-c5ccc(-n6c7ccccc7c7ccccc76)cc5)c4-c4ccc(-n5c6ccccc6c6ccccc65)cc4)cc3)c3ccccc3cc2c1. The van der Waals surface area contributed by atoms with Crippen LogP contribution in [-0.2, 0) is 0 Å². The van der Waals surface area contributed by atoms with Crippen molar-refractivity contribution < 1.29 is 0 Å². The van der Waals surface area contributed by atoms with Crippen LogP contribution in [-0.4, -0.2) is 9.13 Å². The number of benzene rings is 14. The highest BCUT2D eigenvalue weighted by Crippen LogP contribution is 2.53. The molecule has 386 valence electrons. The Morgan fingerprint density at radius 2 is 0.422 bits per heavy atom. The van der Waals surface area contributed by atoms with Crippen LogP contribution in [0.25, 0.3) is 163 Å². The van der Waals surface area contributed by atoms with Gasteiger partial charge in [-0.1, -0.05) is 243 Å². The Hall–Kier alpha value is -10.6. The fraction of sp³-hybridized carbons (Fsp3) is 0. The van der Waals surface area contributed by atoms with Crippen molar-refractivity contribution in [2.45, 2.75) is 0 Å². The molecule has 0 radical (unpaired) electrons. The predicted octanol–water partition coefficient (Wildman–Crippen LogP) is 22.6. The van der Waals surface area contributed by atoms with Crippen LogP contribution in [0.15, 0.2) is 303 Å². The Labute approximate surface area is 484 Å². The van der Waals surface area contributed by atoms with Gasteiger partial charge in [0.2, 0.25) is 0 Å². The van der Waals surface area contributed by atoms with Crippen molar-refractivity contribution in [1.82, 2.24) is 9.13 Å². The van der Waals surface area contributed by atoms with E-state index >= 15 is 0 Å². The number of nitrogens with zero attached hydrogens (tertiary/aromatic N) is 2. The van der Waals surface area contributed by atoms with Crippen molar-refractivity contribution >= 4 is 98.0 Å². The van der Waals surface area contributed by atoms with Gasteiger partial charge in [0.1, 0.15) is 0 Å². The number of aromatic nitrogens is 2. The van der Waals surface area contributed by atoms with Crippen molar-refractivity contribution in [2.24, 2.45) is 0 Å². The average molecular weight is 1070 g/mol. The van der Waals surface area contributed by atoms with Gasteiger partial charge >= 0.3 is 0 Å². The molecule has 0 atom stereocenters. The number of rotatable bonds is 8. The lowest BCUT2D eigenvalue weighted by atomic mass is 9.89. The van der Waals surface area contributed by atoms with Crippen LogP contribution in [0.1, 0.15) is 0 Å². The van der Waals surface area contributed by atoms with E-state index in [0.717, 1.165) is 22.5 Å². The fourth-order valence-electron chi connectivity index (χ4n) is 13.6. The van der Waals surface area contributed by atoms with Gasteiger partial charge in [-0.15, -0.1) is 11.3 Å². The quantitative estimate of drug-likeness (QED) is 0.134. The molecule has 0 aliphatic carbocycles. The second-order valence-electron chi connectivity index (χ2n) is 21.9. The first-order chi connectivity index (χ1) is 41.2. The maximum absolute atomic E-state index is 2.42. The molecule has 3 heteroatoms. The van der Waals surface area contributed by atoms with Gasteiger partial charge in [-0.3, -0.25) is 0 Å². The van der Waals surface area contributed by atoms with Gasteiger partial charge in [-0.2, -0.15) is 0 Å². The Balaban J connectivity index is 0.896. The molecule has 0 N–H and O–H groups in total. The summed E-state index contributed by atoms with van der Waals surface area (Å²) in [6, 6.07) is 113. The minimum Gasteiger partial charge on any atom is -0.309 e. The smallest absolute Gasteiger partial charge is 0.0541 e. The summed E-state index contributed by atoms with van der Waals surface area (Å²) in [5.74, 6) is 0. The maximum Gasteiger partial charge on any atom is 0.0541 e. The van der Waals surface area contributed by atoms with Gasteiger partial charge in [0.05, 0.1) is 22.1 Å². The monoisotopic (exact) mass is 1070 g/mol. The number of hydrogen-bond donors (Lipinski definition) is 0. The van der Waals surface area contributed by atoms with Crippen molar-refractivity contribution in [3.05, 3.63) is 303 Å². The fourth-order valence-corrected chi connectivity index (χ4v) is 14.9. The van der Waals surface area contributed by atoms with E-state index in [0.29, 0.717) is 0 Å². The Bertz CT molecular complexity index is 4850. The van der Waals surface area contributed by atoms with Crippen LogP contribution < -0.4 is 0 Å². The molecule has 17 rings (SSSR count). The van der Waals surface area contributed by atoms with Crippen molar-refractivity contribution in [1.29, 1.82) is 0 Å². The van der Waals surface area contributed by atoms with E-state index in [9.17, 15) is 0 Å². The molecular formula is C80H50N2S. The van der Waals surface area contributed by atoms with E-state index in [1.54, 1.807) is 0 Å². The molecule has 17 aromatic rings. The summed E-state index contributed by atoms with van der Waals surface area (Å²) in [7, 11) is 0. The van der Waals surface area contributed by atoms with E-state index in [1.807, 2.05) is 11.3 Å². The summed E-state index contributed by atoms with van der Waals surface area (Å²) in [5, 5.41) is 15.0. The molecule has 0 spiro atoms. The van der Waals surface area contributed by atoms with Crippen LogP contribution in [0.5, 0.6) is 0 Å². The van der Waals surface area contributed by atoms with Gasteiger partial charge in [0.25, 0.3) is 0 Å². The molecule has 0 amide bonds. The number of fused-ring (bicyclic) bond motifs is 10. The van der Waals surface area contributed by atoms with Crippen LogP contribution >= 0.6 is 11.3 Å². The second-order valence-corrected chi connectivity index (χ2v) is 22.9. The molecule has 2 nitrogen and oxygen atoms in total. The Morgan fingerprint density at radius 1 is 0.193 bits per heavy atom. The maximum atomic E-state index is 2.42. The predicted molar refractivity (Wildman–Crippen MR) is 356 cm³/mol. The third kappa shape index (κ3) is 7.56. The molecule has 14 aromatic carbocycles. The second kappa shape index (κ2) is 19.0. The molecule has 0 saturated carbocycles. The summed E-state index contributed by atoms with van der Waals surface area (Å²) >= 11 is 1.90. The van der Waals surface area contributed by atoms with Crippen LogP contribution in [0.3, 0.4) is 0 Å². The molecule has 0 fully saturated rings. The summed E-state index contributed by atoms with van der Waals surface area (Å²) in [6.45, 7) is 0. The van der Waals surface area contributed by atoms with Crippen LogP contribution in [0, 0.1) is 0 Å². The van der Waals surface area contributed by atoms with E-state index in [4.69, 9.17) is 0 Å². The summed E-state index contributed by atoms with van der Waals surface area (Å²) in [4.78, 5) is 2.45. The van der Waals surface area contributed by atoms with Crippen LogP contribution in [0.2, 0.25) is 0 Å². The molecule has 0 unspecified atom stereocenters. The molecule has 0 aliphatic heterocycles. The molecule has 0 aliphatic rings. The van der Waals surface area contributed by atoms with Gasteiger partial charge in [0, 0.05) is 53.8 Å². The minimum absolute atomic E-state index is 1.13. The highest BCUT2D eigenvalue weighted by atomic mass is 32.1. The average Bonchev–Trinajstić information content (AvgIpc) is 4.41. The minimum atomic E-state index is 1.13. The van der Waals surface area contributed by atoms with Gasteiger partial charge in [-0.25, -0.2) is 0 Å². The molecule has 3 heterocycles. The third-order valence-electron chi connectivity index (χ3n) is 17.3. The first-order valence-corrected chi connectivity index (χ1v) is 29.4. The van der Waals surface area contributed by atoms with Gasteiger partial charge < -0.3 is 9.13 Å².